The molecular weight excluding hydrogens is 598 g/mol. The van der Waals surface area contributed by atoms with E-state index >= 15 is 0 Å². The van der Waals surface area contributed by atoms with E-state index in [9.17, 15) is 14.7 Å². The minimum Gasteiger partial charge on any atom is -0.481 e. The molecule has 48 heavy (non-hydrogen) atoms. The van der Waals surface area contributed by atoms with Crippen molar-refractivity contribution in [1.29, 1.82) is 0 Å². The number of carbonyl (C=O) groups excluding carboxylic acids is 1. The quantitative estimate of drug-likeness (QED) is 0.0997. The summed E-state index contributed by atoms with van der Waals surface area (Å²) in [6.45, 7) is 13.4. The van der Waals surface area contributed by atoms with Gasteiger partial charge in [0.1, 0.15) is 6.10 Å². The summed E-state index contributed by atoms with van der Waals surface area (Å²) in [5.74, 6) is 2.26. The van der Waals surface area contributed by atoms with Gasteiger partial charge in [-0.1, -0.05) is 58.7 Å². The maximum absolute atomic E-state index is 13.7. The van der Waals surface area contributed by atoms with E-state index in [4.69, 9.17) is 10.5 Å². The smallest absolute Gasteiger partial charge is 0.338 e. The number of fused-ring (bicyclic) bond motifs is 5. The molecule has 1 aromatic rings. The molecule has 270 valence electrons. The number of unbranched alkanes of at least 4 members (excludes halogenated alkanes) is 1. The Labute approximate surface area is 291 Å². The van der Waals surface area contributed by atoms with Gasteiger partial charge in [0.05, 0.1) is 11.5 Å². The van der Waals surface area contributed by atoms with Gasteiger partial charge in [-0.2, -0.15) is 0 Å². The molecule has 7 heteroatoms. The molecule has 0 heterocycles. The highest BCUT2D eigenvalue weighted by Crippen LogP contribution is 2.68. The molecule has 4 aliphatic carbocycles. The zero-order valence-electron chi connectivity index (χ0n) is 30.6. The van der Waals surface area contributed by atoms with E-state index in [1.54, 1.807) is 0 Å². The van der Waals surface area contributed by atoms with Crippen LogP contribution in [0.15, 0.2) is 30.3 Å². The van der Waals surface area contributed by atoms with Gasteiger partial charge in [-0.25, -0.2) is 4.79 Å². The van der Waals surface area contributed by atoms with E-state index in [1.807, 2.05) is 37.3 Å². The first-order valence-electron chi connectivity index (χ1n) is 19.7. The maximum Gasteiger partial charge on any atom is 0.338 e. The fraction of sp³-hybridized carbons (Fsp3) is 0.805. The second kappa shape index (κ2) is 16.8. The minimum absolute atomic E-state index is 0.0349. The number of hydrogen-bond acceptors (Lipinski definition) is 6. The number of ether oxygens (including phenoxy) is 1. The summed E-state index contributed by atoms with van der Waals surface area (Å²) in [6.07, 6.45) is 15.8. The number of carboxylic acids is 1. The van der Waals surface area contributed by atoms with Crippen molar-refractivity contribution >= 4 is 11.9 Å². The van der Waals surface area contributed by atoms with Crippen LogP contribution in [0.4, 0.5) is 0 Å². The van der Waals surface area contributed by atoms with Gasteiger partial charge in [0.25, 0.3) is 0 Å². The number of rotatable bonds is 17. The monoisotopic (exact) mass is 666 g/mol. The van der Waals surface area contributed by atoms with Crippen LogP contribution in [0.5, 0.6) is 0 Å². The van der Waals surface area contributed by atoms with Crippen LogP contribution in [0.2, 0.25) is 0 Å². The van der Waals surface area contributed by atoms with Crippen LogP contribution in [0.3, 0.4) is 0 Å². The van der Waals surface area contributed by atoms with Crippen molar-refractivity contribution in [2.45, 2.75) is 130 Å². The Bertz CT molecular complexity index is 1180. The van der Waals surface area contributed by atoms with Crippen LogP contribution in [0.1, 0.15) is 128 Å². The van der Waals surface area contributed by atoms with Gasteiger partial charge in [-0.3, -0.25) is 4.79 Å². The average Bonchev–Trinajstić information content (AvgIpc) is 3.43. The van der Waals surface area contributed by atoms with Gasteiger partial charge in [-0.15, -0.1) is 0 Å². The Balaban J connectivity index is 1.27. The van der Waals surface area contributed by atoms with Gasteiger partial charge >= 0.3 is 11.9 Å². The molecule has 0 aliphatic heterocycles. The van der Waals surface area contributed by atoms with Crippen molar-refractivity contribution in [1.82, 2.24) is 10.6 Å². The third kappa shape index (κ3) is 8.32. The number of hydrogen-bond donors (Lipinski definition) is 4. The lowest BCUT2D eigenvalue weighted by Gasteiger charge is -2.63. The SMILES string of the molecule is CC(CCC[C@@H](C)[C@H]1CCC2C3C(CC[C@@]21C)[C@@]1(C)CC[C@H](NCCCNCCCCN)C[C@@H]1C[C@H]3OC(=O)c1ccccc1)C(=O)O. The summed E-state index contributed by atoms with van der Waals surface area (Å²) in [7, 11) is 0. The molecule has 4 fully saturated rings. The Kier molecular flexibility index (Phi) is 13.1. The predicted octanol–water partition coefficient (Wildman–Crippen LogP) is 7.68. The second-order valence-corrected chi connectivity index (χ2v) is 16.9. The molecule has 0 saturated heterocycles. The molecular formula is C41H67N3O4. The molecule has 7 nitrogen and oxygen atoms in total. The maximum atomic E-state index is 13.7. The fourth-order valence-electron chi connectivity index (χ4n) is 11.4. The first-order valence-corrected chi connectivity index (χ1v) is 19.7. The van der Waals surface area contributed by atoms with Crippen LogP contribution in [0, 0.1) is 52.3 Å². The van der Waals surface area contributed by atoms with Gasteiger partial charge < -0.3 is 26.2 Å². The summed E-state index contributed by atoms with van der Waals surface area (Å²) in [5, 5.41) is 16.9. The van der Waals surface area contributed by atoms with Crippen molar-refractivity contribution in [3.05, 3.63) is 35.9 Å². The summed E-state index contributed by atoms with van der Waals surface area (Å²) in [4.78, 5) is 25.1. The predicted molar refractivity (Wildman–Crippen MR) is 194 cm³/mol. The van der Waals surface area contributed by atoms with Gasteiger partial charge in [0, 0.05) is 12.0 Å². The molecule has 0 aromatic heterocycles. The highest BCUT2D eigenvalue weighted by Gasteiger charge is 2.63. The van der Waals surface area contributed by atoms with Crippen LogP contribution < -0.4 is 16.4 Å². The van der Waals surface area contributed by atoms with Crippen molar-refractivity contribution in [2.75, 3.05) is 26.2 Å². The van der Waals surface area contributed by atoms with Crippen LogP contribution in [-0.4, -0.2) is 55.4 Å². The van der Waals surface area contributed by atoms with E-state index in [0.29, 0.717) is 52.5 Å². The number of carboxylic acid groups (broad SMARTS) is 1. The topological polar surface area (TPSA) is 114 Å². The molecule has 1 aromatic carbocycles. The Hall–Kier alpha value is -1.96. The summed E-state index contributed by atoms with van der Waals surface area (Å²) < 4.78 is 6.66. The number of benzene rings is 1. The summed E-state index contributed by atoms with van der Waals surface area (Å²) >= 11 is 0. The van der Waals surface area contributed by atoms with Gasteiger partial charge in [-0.05, 0) is 156 Å². The number of nitrogens with one attached hydrogen (secondary N) is 2. The van der Waals surface area contributed by atoms with Gasteiger partial charge in [0.15, 0.2) is 0 Å². The first kappa shape index (κ1) is 37.3. The van der Waals surface area contributed by atoms with E-state index in [2.05, 4.69) is 31.4 Å². The Morgan fingerprint density at radius 2 is 1.62 bits per heavy atom. The largest absolute Gasteiger partial charge is 0.481 e. The van der Waals surface area contributed by atoms with E-state index in [-0.39, 0.29) is 23.4 Å². The minimum atomic E-state index is -0.680. The number of nitrogens with two attached hydrogens (primary N) is 1. The lowest BCUT2D eigenvalue weighted by atomic mass is 9.43. The second-order valence-electron chi connectivity index (χ2n) is 16.9. The van der Waals surface area contributed by atoms with E-state index in [0.717, 1.165) is 71.1 Å². The standard InChI is InChI=1S/C41H67N3O4/c1-28(12-10-13-29(2)38(45)46)33-16-17-34-37-35(19-21-41(33,34)4)40(3)20-18-32(44-25-11-24-43-23-9-8-22-42)26-31(40)27-36(37)48-39(47)30-14-6-5-7-15-30/h5-7,14-15,28-29,31-37,43-44H,8-13,16-27,42H2,1-4H3,(H,45,46)/t28-,29?,31-,32+,33-,34?,35?,36-,37?,40+,41-/m1/s1. The number of carbonyl (C=O) groups is 2. The molecule has 4 unspecified atom stereocenters. The summed E-state index contributed by atoms with van der Waals surface area (Å²) in [6, 6.07) is 10.1. The third-order valence-electron chi connectivity index (χ3n) is 14.2. The molecule has 0 amide bonds. The van der Waals surface area contributed by atoms with Crippen molar-refractivity contribution in [3.8, 4) is 0 Å². The molecule has 0 radical (unpaired) electrons. The number of esters is 1. The Morgan fingerprint density at radius 1 is 0.896 bits per heavy atom. The lowest BCUT2D eigenvalue weighted by Crippen LogP contribution is -2.60. The van der Waals surface area contributed by atoms with E-state index < -0.39 is 5.97 Å². The van der Waals surface area contributed by atoms with Crippen LogP contribution >= 0.6 is 0 Å². The van der Waals surface area contributed by atoms with E-state index in [1.165, 1.54) is 44.9 Å². The highest BCUT2D eigenvalue weighted by atomic mass is 16.5. The van der Waals surface area contributed by atoms with Crippen molar-refractivity contribution in [2.24, 2.45) is 58.0 Å². The molecule has 0 bridgehead atoms. The summed E-state index contributed by atoms with van der Waals surface area (Å²) in [5.41, 5.74) is 6.82. The molecule has 4 aliphatic rings. The molecule has 4 saturated carbocycles. The van der Waals surface area contributed by atoms with Crippen molar-refractivity contribution < 1.29 is 19.4 Å². The molecule has 5 N–H and O–H groups in total. The molecule has 11 atom stereocenters. The molecule has 0 spiro atoms. The zero-order valence-corrected chi connectivity index (χ0v) is 30.6. The Morgan fingerprint density at radius 3 is 2.38 bits per heavy atom. The van der Waals surface area contributed by atoms with Gasteiger partial charge in [0.2, 0.25) is 0 Å². The van der Waals surface area contributed by atoms with Crippen molar-refractivity contribution in [3.63, 3.8) is 0 Å². The first-order chi connectivity index (χ1) is 23.1. The number of aliphatic carboxylic acids is 1. The van der Waals surface area contributed by atoms with Crippen LogP contribution in [-0.2, 0) is 9.53 Å². The average molecular weight is 666 g/mol. The van der Waals surface area contributed by atoms with Crippen LogP contribution in [0.25, 0.3) is 0 Å². The normalized spacial score (nSPS) is 35.6. The lowest BCUT2D eigenvalue weighted by molar-refractivity contribution is -0.168. The third-order valence-corrected chi connectivity index (χ3v) is 14.2. The zero-order chi connectivity index (χ0) is 34.3. The fourth-order valence-corrected chi connectivity index (χ4v) is 11.4. The molecule has 5 rings (SSSR count). The highest BCUT2D eigenvalue weighted by molar-refractivity contribution is 5.89.